The van der Waals surface area contributed by atoms with Gasteiger partial charge in [0.25, 0.3) is 0 Å². The predicted molar refractivity (Wildman–Crippen MR) is 119 cm³/mol. The minimum absolute atomic E-state index is 0. The molecule has 1 aliphatic carbocycles. The third-order valence-corrected chi connectivity index (χ3v) is 4.77. The summed E-state index contributed by atoms with van der Waals surface area (Å²) < 4.78 is 19.2. The Morgan fingerprint density at radius 2 is 2.21 bits per heavy atom. The number of oxazole rings is 1. The molecule has 4 rings (SSSR count). The number of hydrogen-bond donors (Lipinski definition) is 3. The number of aromatic nitrogens is 1. The van der Waals surface area contributed by atoms with E-state index in [2.05, 4.69) is 10.3 Å². The van der Waals surface area contributed by atoms with Crippen LogP contribution in [0.4, 0.5) is 15.8 Å². The molecule has 0 radical (unpaired) electrons. The SMILES string of the molecule is I.N#Cc1cc2c(cc1F)[C@H](Nc1ccc(N)c(C(=N)c3cnco3)c1)CC2.[HH].[HH]. The lowest BCUT2D eigenvalue weighted by Crippen LogP contribution is -2.10. The Morgan fingerprint density at radius 1 is 1.39 bits per heavy atom. The Labute approximate surface area is 181 Å². The monoisotopic (exact) mass is 493 g/mol. The molecular weight excluding hydrogens is 472 g/mol. The number of nitriles is 1. The molecule has 1 aliphatic rings. The largest absolute Gasteiger partial charge is 0.442 e. The number of hydrogen-bond acceptors (Lipinski definition) is 6. The van der Waals surface area contributed by atoms with Crippen LogP contribution in [-0.4, -0.2) is 10.7 Å². The summed E-state index contributed by atoms with van der Waals surface area (Å²) in [5.74, 6) is -0.175. The summed E-state index contributed by atoms with van der Waals surface area (Å²) >= 11 is 0. The van der Waals surface area contributed by atoms with E-state index in [-0.39, 0.29) is 44.1 Å². The van der Waals surface area contributed by atoms with Gasteiger partial charge in [-0.15, -0.1) is 24.0 Å². The summed E-state index contributed by atoms with van der Waals surface area (Å²) in [5.41, 5.74) is 9.83. The maximum Gasteiger partial charge on any atom is 0.181 e. The van der Waals surface area contributed by atoms with Gasteiger partial charge >= 0.3 is 0 Å². The molecule has 3 aromatic rings. The molecule has 0 saturated carbocycles. The van der Waals surface area contributed by atoms with Crippen LogP contribution in [0.1, 0.15) is 43.3 Å². The van der Waals surface area contributed by atoms with Crippen LogP contribution >= 0.6 is 24.0 Å². The summed E-state index contributed by atoms with van der Waals surface area (Å²) in [4.78, 5) is 3.83. The first-order valence-electron chi connectivity index (χ1n) is 8.43. The number of benzene rings is 2. The van der Waals surface area contributed by atoms with Gasteiger partial charge in [0.1, 0.15) is 17.6 Å². The van der Waals surface area contributed by atoms with Crippen LogP contribution in [-0.2, 0) is 6.42 Å². The summed E-state index contributed by atoms with van der Waals surface area (Å²) in [5, 5.41) is 20.6. The normalized spacial score (nSPS) is 14.6. The first kappa shape index (κ1) is 19.8. The Bertz CT molecular complexity index is 1090. The van der Waals surface area contributed by atoms with Crippen LogP contribution in [0, 0.1) is 22.6 Å². The van der Waals surface area contributed by atoms with Gasteiger partial charge in [-0.3, -0.25) is 5.41 Å². The fourth-order valence-corrected chi connectivity index (χ4v) is 3.40. The van der Waals surface area contributed by atoms with E-state index in [1.165, 1.54) is 18.7 Å². The third-order valence-electron chi connectivity index (χ3n) is 4.77. The molecule has 0 unspecified atom stereocenters. The van der Waals surface area contributed by atoms with Crippen LogP contribution in [0.25, 0.3) is 0 Å². The average molecular weight is 493 g/mol. The highest BCUT2D eigenvalue weighted by molar-refractivity contribution is 14.0. The molecule has 4 N–H and O–H groups in total. The van der Waals surface area contributed by atoms with Crippen molar-refractivity contribution in [3.05, 3.63) is 76.8 Å². The number of nitrogens with zero attached hydrogens (tertiary/aromatic N) is 2. The van der Waals surface area contributed by atoms with E-state index in [0.717, 1.165) is 29.7 Å². The van der Waals surface area contributed by atoms with Gasteiger partial charge < -0.3 is 15.5 Å². The molecular formula is C20H21FIN5O. The molecule has 0 spiro atoms. The van der Waals surface area contributed by atoms with Gasteiger partial charge in [-0.2, -0.15) is 5.26 Å². The highest BCUT2D eigenvalue weighted by atomic mass is 127. The first-order chi connectivity index (χ1) is 13.1. The molecule has 0 amide bonds. The van der Waals surface area contributed by atoms with Crippen molar-refractivity contribution >= 4 is 41.1 Å². The van der Waals surface area contributed by atoms with E-state index in [4.69, 9.17) is 20.8 Å². The molecule has 8 heteroatoms. The van der Waals surface area contributed by atoms with Crippen LogP contribution < -0.4 is 11.1 Å². The quantitative estimate of drug-likeness (QED) is 0.272. The maximum absolute atomic E-state index is 14.0. The molecule has 28 heavy (non-hydrogen) atoms. The standard InChI is InChI=1S/C20H16FN5O.HI.2H2/c21-16-7-14-11(5-12(16)8-22)1-4-18(14)26-13-2-3-17(23)15(6-13)20(24)19-9-25-10-27-19;;;/h2-3,5-7,9-10,18,24,26H,1,4,23H2;3*1H/t18-;;;/m1.../s1. The second-order valence-electron chi connectivity index (χ2n) is 6.42. The average Bonchev–Trinajstić information content (AvgIpc) is 3.33. The Morgan fingerprint density at radius 3 is 2.93 bits per heavy atom. The predicted octanol–water partition coefficient (Wildman–Crippen LogP) is 4.89. The zero-order chi connectivity index (χ0) is 19.0. The number of nitrogens with two attached hydrogens (primary N) is 1. The van der Waals surface area contributed by atoms with Gasteiger partial charge in [0.15, 0.2) is 12.2 Å². The molecule has 0 aliphatic heterocycles. The van der Waals surface area contributed by atoms with Crippen molar-refractivity contribution in [3.8, 4) is 6.07 Å². The Balaban J connectivity index is 0.00000150. The topological polar surface area (TPSA) is 112 Å². The lowest BCUT2D eigenvalue weighted by molar-refractivity contribution is 0.548. The molecule has 6 nitrogen and oxygen atoms in total. The summed E-state index contributed by atoms with van der Waals surface area (Å²) in [6, 6.07) is 10.2. The van der Waals surface area contributed by atoms with E-state index in [9.17, 15) is 4.39 Å². The van der Waals surface area contributed by atoms with Crippen LogP contribution in [0.5, 0.6) is 0 Å². The van der Waals surface area contributed by atoms with E-state index >= 15 is 0 Å². The van der Waals surface area contributed by atoms with E-state index < -0.39 is 5.82 Å². The van der Waals surface area contributed by atoms with Crippen molar-refractivity contribution in [3.63, 3.8) is 0 Å². The van der Waals surface area contributed by atoms with Crippen molar-refractivity contribution < 1.29 is 11.7 Å². The Kier molecular flexibility index (Phi) is 5.65. The molecule has 0 bridgehead atoms. The molecule has 1 heterocycles. The zero-order valence-electron chi connectivity index (χ0n) is 14.7. The van der Waals surface area contributed by atoms with Crippen molar-refractivity contribution in [2.24, 2.45) is 0 Å². The summed E-state index contributed by atoms with van der Waals surface area (Å²) in [6.07, 6.45) is 4.30. The second kappa shape index (κ2) is 7.98. The van der Waals surface area contributed by atoms with E-state index in [0.29, 0.717) is 17.0 Å². The summed E-state index contributed by atoms with van der Waals surface area (Å²) in [7, 11) is 0. The van der Waals surface area contributed by atoms with Crippen molar-refractivity contribution in [2.45, 2.75) is 18.9 Å². The zero-order valence-corrected chi connectivity index (χ0v) is 17.0. The number of anilines is 2. The van der Waals surface area contributed by atoms with Gasteiger partial charge in [0.2, 0.25) is 0 Å². The second-order valence-corrected chi connectivity index (χ2v) is 6.42. The molecule has 0 fully saturated rings. The Hall–Kier alpha value is -2.93. The minimum atomic E-state index is -0.505. The van der Waals surface area contributed by atoms with Gasteiger partial charge in [0.05, 0.1) is 17.8 Å². The van der Waals surface area contributed by atoms with Crippen molar-refractivity contribution in [1.82, 2.24) is 4.98 Å². The highest BCUT2D eigenvalue weighted by Gasteiger charge is 2.25. The van der Waals surface area contributed by atoms with E-state index in [1.54, 1.807) is 18.2 Å². The van der Waals surface area contributed by atoms with Crippen LogP contribution in [0.2, 0.25) is 0 Å². The molecule has 146 valence electrons. The van der Waals surface area contributed by atoms with Gasteiger partial charge in [-0.05, 0) is 54.3 Å². The number of aryl methyl sites for hydroxylation is 1. The molecule has 0 saturated heterocycles. The number of fused-ring (bicyclic) bond motifs is 1. The summed E-state index contributed by atoms with van der Waals surface area (Å²) in [6.45, 7) is 0. The van der Waals surface area contributed by atoms with Crippen LogP contribution in [0.15, 0.2) is 47.3 Å². The minimum Gasteiger partial charge on any atom is -0.442 e. The lowest BCUT2D eigenvalue weighted by Gasteiger charge is -2.17. The fourth-order valence-electron chi connectivity index (χ4n) is 3.40. The highest BCUT2D eigenvalue weighted by Crippen LogP contribution is 2.36. The van der Waals surface area contributed by atoms with Crippen molar-refractivity contribution in [1.29, 1.82) is 10.7 Å². The number of nitrogen functional groups attached to an aromatic ring is 1. The van der Waals surface area contributed by atoms with Crippen molar-refractivity contribution in [2.75, 3.05) is 11.1 Å². The number of halogens is 2. The molecule has 2 aromatic carbocycles. The van der Waals surface area contributed by atoms with E-state index in [1.807, 2.05) is 12.1 Å². The molecule has 1 atom stereocenters. The third kappa shape index (κ3) is 3.57. The first-order valence-corrected chi connectivity index (χ1v) is 8.43. The van der Waals surface area contributed by atoms with Gasteiger partial charge in [-0.25, -0.2) is 9.37 Å². The van der Waals surface area contributed by atoms with Crippen LogP contribution in [0.3, 0.4) is 0 Å². The lowest BCUT2D eigenvalue weighted by atomic mass is 10.0. The van der Waals surface area contributed by atoms with Gasteiger partial charge in [-0.1, -0.05) is 0 Å². The maximum atomic E-state index is 14.0. The number of nitrogens with one attached hydrogen (secondary N) is 2. The molecule has 1 aromatic heterocycles. The number of rotatable bonds is 4. The van der Waals surface area contributed by atoms with Gasteiger partial charge in [0, 0.05) is 19.8 Å². The smallest absolute Gasteiger partial charge is 0.181 e. The fraction of sp³-hybridized carbons (Fsp3) is 0.150.